The van der Waals surface area contributed by atoms with Crippen LogP contribution < -0.4 is 0 Å². The predicted octanol–water partition coefficient (Wildman–Crippen LogP) is 3.59. The maximum absolute atomic E-state index is 14.4. The van der Waals surface area contributed by atoms with Crippen LogP contribution in [0.1, 0.15) is 31.4 Å². The number of ether oxygens (including phenoxy) is 1. The molecule has 1 atom stereocenters. The average molecular weight is 390 g/mol. The van der Waals surface area contributed by atoms with Crippen molar-refractivity contribution in [3.63, 3.8) is 0 Å². The van der Waals surface area contributed by atoms with Crippen LogP contribution in [0.2, 0.25) is 0 Å². The van der Waals surface area contributed by atoms with Gasteiger partial charge in [0.05, 0.1) is 5.57 Å². The Morgan fingerprint density at radius 3 is 3.00 bits per heavy atom. The van der Waals surface area contributed by atoms with E-state index in [2.05, 4.69) is 34.7 Å². The lowest BCUT2D eigenvalue weighted by Gasteiger charge is -2.29. The summed E-state index contributed by atoms with van der Waals surface area (Å²) in [6.07, 6.45) is 3.85. The van der Waals surface area contributed by atoms with E-state index in [1.54, 1.807) is 24.8 Å². The zero-order valence-electron chi connectivity index (χ0n) is 16.7. The maximum atomic E-state index is 14.4. The molecule has 0 radical (unpaired) electrons. The minimum absolute atomic E-state index is 0.0520. The zero-order valence-corrected chi connectivity index (χ0v) is 16.7. The summed E-state index contributed by atoms with van der Waals surface area (Å²) in [6.45, 7) is 4.68. The third-order valence-electron chi connectivity index (χ3n) is 4.71. The molecule has 1 aromatic carbocycles. The van der Waals surface area contributed by atoms with E-state index in [0.29, 0.717) is 25.6 Å². The zero-order chi connectivity index (χ0) is 20.6. The molecule has 1 aromatic rings. The van der Waals surface area contributed by atoms with Crippen molar-refractivity contribution in [2.75, 3.05) is 13.2 Å². The van der Waals surface area contributed by atoms with Gasteiger partial charge in [-0.3, -0.25) is 4.79 Å². The molecule has 1 amide bonds. The number of allylic oxidation sites excluding steroid dienone is 2. The predicted molar refractivity (Wildman–Crippen MR) is 112 cm³/mol. The highest BCUT2D eigenvalue weighted by atomic mass is 19.1. The van der Waals surface area contributed by atoms with Crippen LogP contribution in [0.4, 0.5) is 4.39 Å². The molecular weight excluding hydrogens is 367 g/mol. The minimum atomic E-state index is -0.535. The van der Waals surface area contributed by atoms with Gasteiger partial charge in [0.1, 0.15) is 5.83 Å². The van der Waals surface area contributed by atoms with E-state index in [9.17, 15) is 9.18 Å². The second-order valence-corrected chi connectivity index (χ2v) is 6.69. The van der Waals surface area contributed by atoms with Gasteiger partial charge >= 0.3 is 0 Å². The Kier molecular flexibility index (Phi) is 6.87. The number of hydrogen-bond donors (Lipinski definition) is 0. The van der Waals surface area contributed by atoms with Crippen LogP contribution in [0.3, 0.4) is 0 Å². The van der Waals surface area contributed by atoms with Crippen LogP contribution in [0.5, 0.6) is 0 Å². The largest absolute Gasteiger partial charge is 0.468 e. The van der Waals surface area contributed by atoms with E-state index in [-0.39, 0.29) is 17.9 Å². The monoisotopic (exact) mass is 390 g/mol. The van der Waals surface area contributed by atoms with Crippen molar-refractivity contribution in [1.29, 1.82) is 0 Å². The number of hydrogen-bond acceptors (Lipinski definition) is 3. The molecule has 0 N–H and O–H groups in total. The van der Waals surface area contributed by atoms with Crippen LogP contribution in [0, 0.1) is 23.7 Å². The van der Waals surface area contributed by atoms with Gasteiger partial charge in [-0.1, -0.05) is 60.1 Å². The Labute approximate surface area is 171 Å². The number of aliphatic imine (C=N–C) groups is 1. The molecule has 0 bridgehead atoms. The summed E-state index contributed by atoms with van der Waals surface area (Å²) >= 11 is 0. The lowest BCUT2D eigenvalue weighted by atomic mass is 9.99. The van der Waals surface area contributed by atoms with Crippen molar-refractivity contribution in [3.8, 4) is 23.7 Å². The highest BCUT2D eigenvalue weighted by Crippen LogP contribution is 2.23. The molecule has 5 heteroatoms. The Balaban J connectivity index is 1.73. The highest BCUT2D eigenvalue weighted by molar-refractivity contribution is 5.97. The highest BCUT2D eigenvalue weighted by Gasteiger charge is 2.24. The lowest BCUT2D eigenvalue weighted by molar-refractivity contribution is -0.127. The van der Waals surface area contributed by atoms with Crippen LogP contribution >= 0.6 is 0 Å². The number of carbonyl (C=O) groups excluding carboxylic acids is 1. The fraction of sp³-hybridized carbons (Fsp3) is 0.333. The fourth-order valence-corrected chi connectivity index (χ4v) is 3.19. The molecule has 2 aliphatic rings. The van der Waals surface area contributed by atoms with Crippen molar-refractivity contribution >= 4 is 11.8 Å². The van der Waals surface area contributed by atoms with Gasteiger partial charge in [-0.05, 0) is 24.5 Å². The summed E-state index contributed by atoms with van der Waals surface area (Å²) in [6, 6.07) is 7.57. The van der Waals surface area contributed by atoms with E-state index in [1.807, 2.05) is 18.2 Å². The maximum Gasteiger partial charge on any atom is 0.256 e. The van der Waals surface area contributed by atoms with Gasteiger partial charge < -0.3 is 9.64 Å². The number of rotatable bonds is 3. The van der Waals surface area contributed by atoms with Crippen molar-refractivity contribution in [2.45, 2.75) is 39.3 Å². The molecule has 0 spiro atoms. The number of benzene rings is 1. The standard InChI is InChI=1S/C24H23FN2O2/c1-3-23(25)22(13-7-6-11-21-12-8-16-29-18(2)26-21)24(28)27-15-14-19-9-4-5-10-20(19)17-27/h3-5,9-10,13,21H,7,14-17H2,1-2H3/b22-13+,23-3+. The van der Waals surface area contributed by atoms with Crippen LogP contribution in [-0.4, -0.2) is 35.9 Å². The van der Waals surface area contributed by atoms with Gasteiger partial charge in [0, 0.05) is 26.4 Å². The van der Waals surface area contributed by atoms with E-state index < -0.39 is 11.9 Å². The summed E-state index contributed by atoms with van der Waals surface area (Å²) in [5, 5.41) is 0. The lowest BCUT2D eigenvalue weighted by Crippen LogP contribution is -2.37. The van der Waals surface area contributed by atoms with E-state index in [0.717, 1.165) is 12.0 Å². The molecule has 4 nitrogen and oxygen atoms in total. The molecule has 2 aliphatic heterocycles. The van der Waals surface area contributed by atoms with E-state index >= 15 is 0 Å². The second-order valence-electron chi connectivity index (χ2n) is 6.69. The normalized spacial score (nSPS) is 18.8. The first-order valence-electron chi connectivity index (χ1n) is 9.61. The number of nitrogens with zero attached hydrogens (tertiary/aromatic N) is 2. The number of halogens is 1. The van der Waals surface area contributed by atoms with E-state index in [4.69, 9.17) is 4.74 Å². The molecule has 0 aliphatic carbocycles. The van der Waals surface area contributed by atoms with Crippen LogP contribution in [0.15, 0.2) is 52.8 Å². The first-order valence-corrected chi connectivity index (χ1v) is 9.61. The van der Waals surface area contributed by atoms with Crippen molar-refractivity contribution < 1.29 is 13.9 Å². The first kappa shape index (κ1) is 20.4. The molecule has 1 unspecified atom stereocenters. The Bertz CT molecular complexity index is 999. The van der Waals surface area contributed by atoms with Gasteiger partial charge in [0.15, 0.2) is 18.5 Å². The SMILES string of the molecule is C/C=C(F)\C(=C/CC#CC1C#CCOC(C)=N1)C(=O)N1CCc2ccccc2C1. The van der Waals surface area contributed by atoms with Crippen LogP contribution in [-0.2, 0) is 22.5 Å². The molecule has 0 fully saturated rings. The number of fused-ring (bicyclic) bond motifs is 1. The molecule has 0 saturated heterocycles. The summed E-state index contributed by atoms with van der Waals surface area (Å²) in [4.78, 5) is 18.9. The second kappa shape index (κ2) is 9.75. The Morgan fingerprint density at radius 1 is 1.41 bits per heavy atom. The Hall–Kier alpha value is -3.31. The third kappa shape index (κ3) is 5.36. The van der Waals surface area contributed by atoms with Crippen LogP contribution in [0.25, 0.3) is 0 Å². The third-order valence-corrected chi connectivity index (χ3v) is 4.71. The van der Waals surface area contributed by atoms with Gasteiger partial charge in [0.25, 0.3) is 5.91 Å². The summed E-state index contributed by atoms with van der Waals surface area (Å²) in [5.41, 5.74) is 2.40. The molecule has 0 saturated carbocycles. The van der Waals surface area contributed by atoms with Crippen molar-refractivity contribution in [2.24, 2.45) is 4.99 Å². The molecule has 148 valence electrons. The Morgan fingerprint density at radius 2 is 2.21 bits per heavy atom. The molecule has 3 rings (SSSR count). The van der Waals surface area contributed by atoms with Gasteiger partial charge in [0.2, 0.25) is 0 Å². The van der Waals surface area contributed by atoms with Crippen molar-refractivity contribution in [1.82, 2.24) is 4.90 Å². The molecule has 29 heavy (non-hydrogen) atoms. The van der Waals surface area contributed by atoms with Gasteiger partial charge in [-0.2, -0.15) is 0 Å². The smallest absolute Gasteiger partial charge is 0.256 e. The summed E-state index contributed by atoms with van der Waals surface area (Å²) < 4.78 is 19.7. The van der Waals surface area contributed by atoms with Crippen molar-refractivity contribution in [3.05, 3.63) is 58.9 Å². The summed E-state index contributed by atoms with van der Waals surface area (Å²) in [7, 11) is 0. The number of amides is 1. The molecular formula is C24H23FN2O2. The van der Waals surface area contributed by atoms with Gasteiger partial charge in [-0.25, -0.2) is 9.38 Å². The number of carbonyl (C=O) groups is 1. The minimum Gasteiger partial charge on any atom is -0.468 e. The fourth-order valence-electron chi connectivity index (χ4n) is 3.19. The molecule has 2 heterocycles. The summed E-state index contributed by atoms with van der Waals surface area (Å²) in [5.74, 6) is 11.3. The molecule has 0 aromatic heterocycles. The van der Waals surface area contributed by atoms with E-state index in [1.165, 1.54) is 11.6 Å². The average Bonchev–Trinajstić information content (AvgIpc) is 2.96. The van der Waals surface area contributed by atoms with Gasteiger partial charge in [-0.15, -0.1) is 0 Å². The quantitative estimate of drug-likeness (QED) is 0.450. The first-order chi connectivity index (χ1) is 14.1. The topological polar surface area (TPSA) is 41.9 Å².